The highest BCUT2D eigenvalue weighted by Gasteiger charge is 2.31. The summed E-state index contributed by atoms with van der Waals surface area (Å²) in [5, 5.41) is 4.88. The zero-order valence-electron chi connectivity index (χ0n) is 17.1. The Bertz CT molecular complexity index is 1130. The number of urea groups is 1. The molecule has 3 aromatic rings. The Morgan fingerprint density at radius 1 is 0.875 bits per heavy atom. The van der Waals surface area contributed by atoms with E-state index in [1.807, 2.05) is 0 Å². The molecule has 0 heterocycles. The first kappa shape index (κ1) is 22.7. The van der Waals surface area contributed by atoms with E-state index in [0.29, 0.717) is 22.7 Å². The number of Topliss-reactive ketones (excluding diaryl/α,β-unsaturated/α-hetero) is 1. The molecule has 0 aliphatic heterocycles. The summed E-state index contributed by atoms with van der Waals surface area (Å²) < 4.78 is 49.5. The first-order valence-corrected chi connectivity index (χ1v) is 9.38. The molecule has 9 heteroatoms. The molecule has 0 bridgehead atoms. The maximum atomic E-state index is 12.9. The van der Waals surface area contributed by atoms with Gasteiger partial charge in [0.15, 0.2) is 5.78 Å². The highest BCUT2D eigenvalue weighted by molar-refractivity contribution is 6.00. The lowest BCUT2D eigenvalue weighted by Crippen LogP contribution is -2.20. The number of ketones is 1. The van der Waals surface area contributed by atoms with Crippen molar-refractivity contribution in [2.75, 3.05) is 17.7 Å². The van der Waals surface area contributed by atoms with E-state index in [4.69, 9.17) is 9.47 Å². The number of methoxy groups -OCH3 is 1. The van der Waals surface area contributed by atoms with Crippen molar-refractivity contribution in [2.24, 2.45) is 0 Å². The van der Waals surface area contributed by atoms with E-state index in [9.17, 15) is 22.8 Å². The van der Waals surface area contributed by atoms with Crippen LogP contribution in [-0.2, 0) is 6.18 Å². The zero-order chi connectivity index (χ0) is 23.3. The third-order valence-corrected chi connectivity index (χ3v) is 4.36. The first-order chi connectivity index (χ1) is 15.2. The standard InChI is InChI=1S/C23H19F3N2O4/c1-14(29)15-4-3-5-19(12-15)32-18-9-7-17(8-10-18)27-22(30)28-20-13-16(23(24,25)26)6-11-21(20)31-2/h3-13H,1-2H3,(H2,27,28,30). The topological polar surface area (TPSA) is 76.7 Å². The molecular formula is C23H19F3N2O4. The van der Waals surface area contributed by atoms with Crippen LogP contribution in [0, 0.1) is 0 Å². The molecule has 2 amide bonds. The molecule has 0 aromatic heterocycles. The SMILES string of the molecule is COc1ccc(C(F)(F)F)cc1NC(=O)Nc1ccc(Oc2cccc(C(C)=O)c2)cc1. The maximum Gasteiger partial charge on any atom is 0.416 e. The Morgan fingerprint density at radius 3 is 2.22 bits per heavy atom. The summed E-state index contributed by atoms with van der Waals surface area (Å²) >= 11 is 0. The van der Waals surface area contributed by atoms with E-state index in [2.05, 4.69) is 10.6 Å². The van der Waals surface area contributed by atoms with Gasteiger partial charge in [-0.1, -0.05) is 12.1 Å². The van der Waals surface area contributed by atoms with Crippen LogP contribution >= 0.6 is 0 Å². The predicted octanol–water partition coefficient (Wildman–Crippen LogP) is 6.35. The smallest absolute Gasteiger partial charge is 0.416 e. The number of halogens is 3. The van der Waals surface area contributed by atoms with Gasteiger partial charge in [-0.3, -0.25) is 4.79 Å². The van der Waals surface area contributed by atoms with Gasteiger partial charge in [-0.15, -0.1) is 0 Å². The summed E-state index contributed by atoms with van der Waals surface area (Å²) in [6.45, 7) is 1.46. The largest absolute Gasteiger partial charge is 0.495 e. The van der Waals surface area contributed by atoms with Crippen molar-refractivity contribution in [3.63, 3.8) is 0 Å². The molecule has 166 valence electrons. The second-order valence-electron chi connectivity index (χ2n) is 6.70. The van der Waals surface area contributed by atoms with E-state index >= 15 is 0 Å². The highest BCUT2D eigenvalue weighted by atomic mass is 19.4. The molecule has 32 heavy (non-hydrogen) atoms. The number of carbonyl (C=O) groups excluding carboxylic acids is 2. The Balaban J connectivity index is 1.66. The van der Waals surface area contributed by atoms with Crippen molar-refractivity contribution in [3.05, 3.63) is 77.9 Å². The summed E-state index contributed by atoms with van der Waals surface area (Å²) in [6, 6.07) is 15.1. The van der Waals surface area contributed by atoms with Gasteiger partial charge in [0.2, 0.25) is 0 Å². The van der Waals surface area contributed by atoms with Gasteiger partial charge < -0.3 is 20.1 Å². The molecule has 0 spiro atoms. The molecule has 0 aliphatic carbocycles. The number of rotatable bonds is 6. The molecule has 0 fully saturated rings. The lowest BCUT2D eigenvalue weighted by Gasteiger charge is -2.14. The van der Waals surface area contributed by atoms with E-state index in [1.54, 1.807) is 48.5 Å². The quantitative estimate of drug-likeness (QED) is 0.434. The van der Waals surface area contributed by atoms with Crippen LogP contribution in [0.15, 0.2) is 66.7 Å². The molecule has 3 rings (SSSR count). The molecular weight excluding hydrogens is 425 g/mol. The molecule has 0 radical (unpaired) electrons. The van der Waals surface area contributed by atoms with Crippen LogP contribution in [0.5, 0.6) is 17.2 Å². The highest BCUT2D eigenvalue weighted by Crippen LogP contribution is 2.35. The summed E-state index contributed by atoms with van der Waals surface area (Å²) in [5.74, 6) is 0.951. The number of ether oxygens (including phenoxy) is 2. The minimum Gasteiger partial charge on any atom is -0.495 e. The summed E-state index contributed by atoms with van der Waals surface area (Å²) in [5.41, 5.74) is -0.130. The number of amides is 2. The number of carbonyl (C=O) groups is 2. The van der Waals surface area contributed by atoms with Crippen molar-refractivity contribution in [1.82, 2.24) is 0 Å². The van der Waals surface area contributed by atoms with Gasteiger partial charge in [0, 0.05) is 11.3 Å². The second-order valence-corrected chi connectivity index (χ2v) is 6.70. The Morgan fingerprint density at radius 2 is 1.59 bits per heavy atom. The van der Waals surface area contributed by atoms with Gasteiger partial charge in [-0.25, -0.2) is 4.79 Å². The lowest BCUT2D eigenvalue weighted by atomic mass is 10.1. The van der Waals surface area contributed by atoms with Crippen molar-refractivity contribution >= 4 is 23.2 Å². The number of nitrogens with one attached hydrogen (secondary N) is 2. The normalized spacial score (nSPS) is 10.9. The van der Waals surface area contributed by atoms with Crippen LogP contribution in [0.25, 0.3) is 0 Å². The van der Waals surface area contributed by atoms with Crippen LogP contribution in [0.1, 0.15) is 22.8 Å². The fourth-order valence-electron chi connectivity index (χ4n) is 2.79. The molecule has 2 N–H and O–H groups in total. The van der Waals surface area contributed by atoms with Crippen LogP contribution in [-0.4, -0.2) is 18.9 Å². The van der Waals surface area contributed by atoms with Crippen molar-refractivity contribution in [1.29, 1.82) is 0 Å². The van der Waals surface area contributed by atoms with Gasteiger partial charge in [0.25, 0.3) is 0 Å². The summed E-state index contributed by atoms with van der Waals surface area (Å²) in [7, 11) is 1.29. The van der Waals surface area contributed by atoms with E-state index < -0.39 is 17.8 Å². The van der Waals surface area contributed by atoms with E-state index in [0.717, 1.165) is 18.2 Å². The molecule has 6 nitrogen and oxygen atoms in total. The molecule has 3 aromatic carbocycles. The molecule has 0 saturated carbocycles. The number of hydrogen-bond donors (Lipinski definition) is 2. The van der Waals surface area contributed by atoms with E-state index in [1.165, 1.54) is 14.0 Å². The molecule has 0 aliphatic rings. The van der Waals surface area contributed by atoms with Gasteiger partial charge in [-0.2, -0.15) is 13.2 Å². The van der Waals surface area contributed by atoms with Crippen LogP contribution in [0.3, 0.4) is 0 Å². The third kappa shape index (κ3) is 5.78. The van der Waals surface area contributed by atoms with Gasteiger partial charge in [0.1, 0.15) is 17.2 Å². The van der Waals surface area contributed by atoms with Crippen molar-refractivity contribution < 1.29 is 32.2 Å². The second kappa shape index (κ2) is 9.42. The number of hydrogen-bond acceptors (Lipinski definition) is 4. The molecule has 0 unspecified atom stereocenters. The van der Waals surface area contributed by atoms with Crippen LogP contribution in [0.2, 0.25) is 0 Å². The summed E-state index contributed by atoms with van der Waals surface area (Å²) in [4.78, 5) is 23.7. The number of anilines is 2. The van der Waals surface area contributed by atoms with Crippen molar-refractivity contribution in [2.45, 2.75) is 13.1 Å². The lowest BCUT2D eigenvalue weighted by molar-refractivity contribution is -0.137. The van der Waals surface area contributed by atoms with Crippen molar-refractivity contribution in [3.8, 4) is 17.2 Å². The predicted molar refractivity (Wildman–Crippen MR) is 114 cm³/mol. The number of benzene rings is 3. The minimum absolute atomic E-state index is 0.0848. The zero-order valence-corrected chi connectivity index (χ0v) is 17.1. The Labute approximate surface area is 182 Å². The van der Waals surface area contributed by atoms with Gasteiger partial charge >= 0.3 is 12.2 Å². The monoisotopic (exact) mass is 444 g/mol. The molecule has 0 saturated heterocycles. The number of alkyl halides is 3. The van der Waals surface area contributed by atoms with E-state index in [-0.39, 0.29) is 17.2 Å². The van der Waals surface area contributed by atoms with Crippen LogP contribution in [0.4, 0.5) is 29.3 Å². The Kier molecular flexibility index (Phi) is 6.67. The summed E-state index contributed by atoms with van der Waals surface area (Å²) in [6.07, 6.45) is -4.56. The Hall–Kier alpha value is -4.01. The van der Waals surface area contributed by atoms with Gasteiger partial charge in [-0.05, 0) is 61.5 Å². The third-order valence-electron chi connectivity index (χ3n) is 4.36. The van der Waals surface area contributed by atoms with Crippen LogP contribution < -0.4 is 20.1 Å². The average Bonchev–Trinajstić information content (AvgIpc) is 2.74. The minimum atomic E-state index is -4.56. The molecule has 0 atom stereocenters. The average molecular weight is 444 g/mol. The fourth-order valence-corrected chi connectivity index (χ4v) is 2.79. The fraction of sp³-hybridized carbons (Fsp3) is 0.130. The first-order valence-electron chi connectivity index (χ1n) is 9.38. The maximum absolute atomic E-state index is 12.9. The van der Waals surface area contributed by atoms with Gasteiger partial charge in [0.05, 0.1) is 18.4 Å².